The fraction of sp³-hybridized carbons (Fsp3) is 0.667. The van der Waals surface area contributed by atoms with Gasteiger partial charge in [-0.2, -0.15) is 0 Å². The van der Waals surface area contributed by atoms with Gasteiger partial charge in [-0.05, 0) is 6.92 Å². The van der Waals surface area contributed by atoms with Crippen LogP contribution in [0.5, 0.6) is 0 Å². The molecule has 1 aliphatic rings. The van der Waals surface area contributed by atoms with E-state index in [-0.39, 0.29) is 5.29 Å². The first-order valence-corrected chi connectivity index (χ1v) is 3.44. The second-order valence-electron chi connectivity index (χ2n) is 2.54. The third-order valence-electron chi connectivity index (χ3n) is 1.89. The molecule has 0 aromatic carbocycles. The lowest BCUT2D eigenvalue weighted by Crippen LogP contribution is -2.47. The zero-order chi connectivity index (χ0) is 7.07. The van der Waals surface area contributed by atoms with Crippen LogP contribution in [0, 0.1) is 0 Å². The summed E-state index contributed by atoms with van der Waals surface area (Å²) in [4.78, 5) is 4.20. The Kier molecular flexibility index (Phi) is 1.31. The molecule has 9 heavy (non-hydrogen) atoms. The molecule has 0 N–H and O–H groups in total. The summed E-state index contributed by atoms with van der Waals surface area (Å²) < 4.78 is 0. The summed E-state index contributed by atoms with van der Waals surface area (Å²) in [5, 5.41) is -0.0278. The highest BCUT2D eigenvalue weighted by molar-refractivity contribution is 6.14. The summed E-state index contributed by atoms with van der Waals surface area (Å²) in [6.07, 6.45) is 4.07. The van der Waals surface area contributed by atoms with Crippen LogP contribution in [0.1, 0.15) is 6.92 Å². The molecule has 3 radical (unpaired) electrons. The molecular formula is C6H11N2Si. The first-order valence-electron chi connectivity index (χ1n) is 2.94. The number of hydrogen-bond donors (Lipinski definition) is 0. The fourth-order valence-corrected chi connectivity index (χ4v) is 0.888. The molecule has 0 atom stereocenters. The molecule has 0 spiro atoms. The predicted octanol–water partition coefficient (Wildman–Crippen LogP) is 0.177. The van der Waals surface area contributed by atoms with Crippen molar-refractivity contribution in [1.82, 2.24) is 9.80 Å². The molecule has 0 unspecified atom stereocenters. The van der Waals surface area contributed by atoms with Crippen molar-refractivity contribution in [2.45, 2.75) is 12.2 Å². The van der Waals surface area contributed by atoms with Gasteiger partial charge in [0.05, 0.1) is 15.5 Å². The molecule has 0 amide bonds. The standard InChI is InChI=1S/C6H11N2Si/c1-6(9)7(2)4-5-8(6)3/h4-5H,1-3H3. The van der Waals surface area contributed by atoms with E-state index in [0.717, 1.165) is 0 Å². The van der Waals surface area contributed by atoms with Crippen molar-refractivity contribution in [2.24, 2.45) is 0 Å². The van der Waals surface area contributed by atoms with E-state index in [1.165, 1.54) is 0 Å². The third-order valence-corrected chi connectivity index (χ3v) is 2.59. The average Bonchev–Trinajstić information content (AvgIpc) is 1.96. The summed E-state index contributed by atoms with van der Waals surface area (Å²) in [5.41, 5.74) is 0. The second-order valence-corrected chi connectivity index (χ2v) is 3.49. The molecule has 0 aromatic rings. The van der Waals surface area contributed by atoms with E-state index < -0.39 is 0 Å². The van der Waals surface area contributed by atoms with Gasteiger partial charge in [0.15, 0.2) is 0 Å². The van der Waals surface area contributed by atoms with Crippen molar-refractivity contribution in [3.8, 4) is 0 Å². The zero-order valence-electron chi connectivity index (χ0n) is 6.05. The van der Waals surface area contributed by atoms with Crippen molar-refractivity contribution in [3.63, 3.8) is 0 Å². The lowest BCUT2D eigenvalue weighted by atomic mass is 10.5. The van der Waals surface area contributed by atoms with Crippen molar-refractivity contribution in [2.75, 3.05) is 14.1 Å². The molecule has 0 saturated heterocycles. The Bertz CT molecular complexity index is 128. The largest absolute Gasteiger partial charge is 0.361 e. The first-order chi connectivity index (χ1) is 4.05. The fourth-order valence-electron chi connectivity index (χ4n) is 0.739. The lowest BCUT2D eigenvalue weighted by molar-refractivity contribution is 0.177. The van der Waals surface area contributed by atoms with Gasteiger partial charge in [-0.25, -0.2) is 0 Å². The average molecular weight is 139 g/mol. The molecule has 1 aliphatic heterocycles. The summed E-state index contributed by atoms with van der Waals surface area (Å²) in [6, 6.07) is 0. The van der Waals surface area contributed by atoms with Crippen LogP contribution < -0.4 is 0 Å². The summed E-state index contributed by atoms with van der Waals surface area (Å²) >= 11 is 0. The topological polar surface area (TPSA) is 6.48 Å². The number of hydrogen-bond acceptors (Lipinski definition) is 2. The van der Waals surface area contributed by atoms with E-state index >= 15 is 0 Å². The normalized spacial score (nSPS) is 23.6. The number of nitrogens with zero attached hydrogens (tertiary/aromatic N) is 2. The Morgan fingerprint density at radius 3 is 1.67 bits per heavy atom. The summed E-state index contributed by atoms with van der Waals surface area (Å²) in [5.74, 6) is 0. The molecule has 0 fully saturated rings. The third kappa shape index (κ3) is 0.851. The molecule has 0 bridgehead atoms. The molecule has 2 nitrogen and oxygen atoms in total. The molecule has 0 aliphatic carbocycles. The van der Waals surface area contributed by atoms with E-state index in [1.54, 1.807) is 0 Å². The second kappa shape index (κ2) is 1.77. The van der Waals surface area contributed by atoms with Gasteiger partial charge >= 0.3 is 0 Å². The van der Waals surface area contributed by atoms with E-state index in [0.29, 0.717) is 0 Å². The van der Waals surface area contributed by atoms with Crippen LogP contribution in [-0.2, 0) is 0 Å². The molecule has 0 saturated carbocycles. The van der Waals surface area contributed by atoms with Crippen LogP contribution in [0.4, 0.5) is 0 Å². The number of rotatable bonds is 0. The van der Waals surface area contributed by atoms with Crippen LogP contribution in [0.2, 0.25) is 0 Å². The van der Waals surface area contributed by atoms with Gasteiger partial charge in [-0.1, -0.05) is 0 Å². The quantitative estimate of drug-likeness (QED) is 0.442. The Hall–Kier alpha value is -0.443. The molecule has 0 aromatic heterocycles. The van der Waals surface area contributed by atoms with Gasteiger partial charge in [0.1, 0.15) is 0 Å². The van der Waals surface area contributed by atoms with Gasteiger partial charge in [0.2, 0.25) is 0 Å². The highest BCUT2D eigenvalue weighted by atomic mass is 28.1. The maximum atomic E-state index is 3.61. The smallest absolute Gasteiger partial charge is 0.0916 e. The van der Waals surface area contributed by atoms with Crippen LogP contribution in [0.25, 0.3) is 0 Å². The summed E-state index contributed by atoms with van der Waals surface area (Å²) in [7, 11) is 7.68. The lowest BCUT2D eigenvalue weighted by Gasteiger charge is -2.35. The minimum atomic E-state index is -0.0278. The minimum absolute atomic E-state index is 0.0278. The van der Waals surface area contributed by atoms with Gasteiger partial charge in [0.25, 0.3) is 0 Å². The highest BCUT2D eigenvalue weighted by Crippen LogP contribution is 2.19. The van der Waals surface area contributed by atoms with E-state index in [9.17, 15) is 0 Å². The maximum absolute atomic E-state index is 3.61. The van der Waals surface area contributed by atoms with E-state index in [4.69, 9.17) is 0 Å². The van der Waals surface area contributed by atoms with Gasteiger partial charge in [0, 0.05) is 26.5 Å². The van der Waals surface area contributed by atoms with Crippen LogP contribution in [0.15, 0.2) is 12.4 Å². The van der Waals surface area contributed by atoms with Crippen molar-refractivity contribution in [3.05, 3.63) is 12.4 Å². The molecular weight excluding hydrogens is 128 g/mol. The first kappa shape index (κ1) is 6.67. The van der Waals surface area contributed by atoms with Crippen LogP contribution in [-0.4, -0.2) is 39.4 Å². The highest BCUT2D eigenvalue weighted by Gasteiger charge is 2.28. The Morgan fingerprint density at radius 2 is 1.56 bits per heavy atom. The van der Waals surface area contributed by atoms with Crippen LogP contribution >= 0.6 is 0 Å². The minimum Gasteiger partial charge on any atom is -0.361 e. The Balaban J connectivity index is 2.76. The molecule has 49 valence electrons. The zero-order valence-corrected chi connectivity index (χ0v) is 7.05. The summed E-state index contributed by atoms with van der Waals surface area (Å²) in [6.45, 7) is 2.10. The van der Waals surface area contributed by atoms with Crippen molar-refractivity contribution < 1.29 is 0 Å². The van der Waals surface area contributed by atoms with E-state index in [2.05, 4.69) is 27.0 Å². The van der Waals surface area contributed by atoms with Gasteiger partial charge < -0.3 is 9.80 Å². The van der Waals surface area contributed by atoms with Crippen molar-refractivity contribution >= 4 is 10.2 Å². The van der Waals surface area contributed by atoms with Gasteiger partial charge in [-0.15, -0.1) is 0 Å². The molecule has 1 heterocycles. The Labute approximate surface area is 59.6 Å². The van der Waals surface area contributed by atoms with Crippen LogP contribution in [0.3, 0.4) is 0 Å². The maximum Gasteiger partial charge on any atom is 0.0916 e. The Morgan fingerprint density at radius 1 is 1.22 bits per heavy atom. The molecule has 3 heteroatoms. The van der Waals surface area contributed by atoms with E-state index in [1.807, 2.05) is 26.5 Å². The monoisotopic (exact) mass is 139 g/mol. The van der Waals surface area contributed by atoms with Gasteiger partial charge in [-0.3, -0.25) is 0 Å². The predicted molar refractivity (Wildman–Crippen MR) is 38.8 cm³/mol. The SMILES string of the molecule is CN1C=CN(C)C1(C)[Si]. The van der Waals surface area contributed by atoms with Crippen molar-refractivity contribution in [1.29, 1.82) is 0 Å². The molecule has 1 rings (SSSR count).